The lowest BCUT2D eigenvalue weighted by Crippen LogP contribution is -2.39. The van der Waals surface area contributed by atoms with Crippen LogP contribution < -0.4 is 5.32 Å². The molecule has 21 heavy (non-hydrogen) atoms. The van der Waals surface area contributed by atoms with Gasteiger partial charge in [0.05, 0.1) is 5.92 Å². The number of carboxylic acids is 1. The summed E-state index contributed by atoms with van der Waals surface area (Å²) in [5, 5.41) is 14.8. The highest BCUT2D eigenvalue weighted by molar-refractivity contribution is 7.17. The minimum absolute atomic E-state index is 0.193. The molecular formula is C15H18N2O3S. The van der Waals surface area contributed by atoms with E-state index in [1.54, 1.807) is 18.3 Å². The lowest BCUT2D eigenvalue weighted by atomic mass is 10.2. The summed E-state index contributed by atoms with van der Waals surface area (Å²) in [6.45, 7) is 4.08. The quantitative estimate of drug-likeness (QED) is 0.888. The van der Waals surface area contributed by atoms with Crippen LogP contribution in [-0.2, 0) is 4.79 Å². The molecule has 2 aromatic rings. The molecule has 2 rings (SSSR count). The summed E-state index contributed by atoms with van der Waals surface area (Å²) in [6, 6.07) is 7.45. The van der Waals surface area contributed by atoms with Crippen molar-refractivity contribution in [2.24, 2.45) is 5.92 Å². The topological polar surface area (TPSA) is 69.6 Å². The lowest BCUT2D eigenvalue weighted by Gasteiger charge is -2.23. The number of nitrogens with zero attached hydrogens (tertiary/aromatic N) is 1. The Morgan fingerprint density at radius 3 is 2.81 bits per heavy atom. The van der Waals surface area contributed by atoms with Gasteiger partial charge in [-0.25, -0.2) is 4.79 Å². The van der Waals surface area contributed by atoms with Gasteiger partial charge in [-0.15, -0.1) is 11.3 Å². The van der Waals surface area contributed by atoms with Crippen LogP contribution in [0.5, 0.6) is 0 Å². The number of hydrogen-bond donors (Lipinski definition) is 2. The smallest absolute Gasteiger partial charge is 0.321 e. The molecule has 1 heterocycles. The minimum Gasteiger partial charge on any atom is -0.481 e. The van der Waals surface area contributed by atoms with Gasteiger partial charge in [-0.3, -0.25) is 4.79 Å². The fourth-order valence-electron chi connectivity index (χ4n) is 2.01. The summed E-state index contributed by atoms with van der Waals surface area (Å²) in [5.41, 5.74) is 0.715. The van der Waals surface area contributed by atoms with Crippen LogP contribution in [0.15, 0.2) is 29.6 Å². The monoisotopic (exact) mass is 306 g/mol. The van der Waals surface area contributed by atoms with Gasteiger partial charge in [0.15, 0.2) is 0 Å². The predicted molar refractivity (Wildman–Crippen MR) is 84.9 cm³/mol. The number of aliphatic carboxylic acids is 1. The molecule has 5 nitrogen and oxygen atoms in total. The van der Waals surface area contributed by atoms with Gasteiger partial charge in [0.25, 0.3) is 0 Å². The predicted octanol–water partition coefficient (Wildman–Crippen LogP) is 3.48. The molecule has 0 saturated carbocycles. The van der Waals surface area contributed by atoms with Crippen LogP contribution in [0.4, 0.5) is 10.5 Å². The summed E-state index contributed by atoms with van der Waals surface area (Å²) in [7, 11) is 0. The molecule has 6 heteroatoms. The first-order valence-electron chi connectivity index (χ1n) is 6.77. The number of carbonyl (C=O) groups is 2. The third-order valence-corrected chi connectivity index (χ3v) is 4.19. The molecule has 2 N–H and O–H groups in total. The van der Waals surface area contributed by atoms with E-state index in [2.05, 4.69) is 5.32 Å². The number of anilines is 1. The zero-order chi connectivity index (χ0) is 15.4. The third kappa shape index (κ3) is 3.72. The van der Waals surface area contributed by atoms with E-state index in [0.717, 1.165) is 5.39 Å². The Morgan fingerprint density at radius 1 is 1.38 bits per heavy atom. The molecule has 0 fully saturated rings. The second-order valence-electron chi connectivity index (χ2n) is 4.88. The van der Waals surface area contributed by atoms with E-state index in [-0.39, 0.29) is 12.6 Å². The van der Waals surface area contributed by atoms with Crippen molar-refractivity contribution >= 4 is 39.1 Å². The number of carboxylic acid groups (broad SMARTS) is 1. The highest BCUT2D eigenvalue weighted by atomic mass is 32.1. The van der Waals surface area contributed by atoms with E-state index in [9.17, 15) is 9.59 Å². The summed E-state index contributed by atoms with van der Waals surface area (Å²) in [5.74, 6) is -1.49. The Bertz CT molecular complexity index is 653. The molecule has 2 amide bonds. The normalized spacial score (nSPS) is 12.1. The molecule has 0 bridgehead atoms. The van der Waals surface area contributed by atoms with Gasteiger partial charge < -0.3 is 15.3 Å². The van der Waals surface area contributed by atoms with Crippen molar-refractivity contribution in [1.29, 1.82) is 0 Å². The zero-order valence-electron chi connectivity index (χ0n) is 12.0. The Balaban J connectivity index is 2.05. The Morgan fingerprint density at radius 2 is 2.14 bits per heavy atom. The summed E-state index contributed by atoms with van der Waals surface area (Å²) in [4.78, 5) is 24.6. The first-order valence-corrected chi connectivity index (χ1v) is 7.65. The second-order valence-corrected chi connectivity index (χ2v) is 5.83. The maximum Gasteiger partial charge on any atom is 0.321 e. The van der Waals surface area contributed by atoms with E-state index in [0.29, 0.717) is 12.2 Å². The van der Waals surface area contributed by atoms with Gasteiger partial charge in [-0.2, -0.15) is 0 Å². The number of fused-ring (bicyclic) bond motifs is 1. The Hall–Kier alpha value is -2.08. The number of amides is 2. The number of thiophene rings is 1. The van der Waals surface area contributed by atoms with Crippen LogP contribution in [0.3, 0.4) is 0 Å². The molecular weight excluding hydrogens is 288 g/mol. The van der Waals surface area contributed by atoms with Crippen molar-refractivity contribution < 1.29 is 14.7 Å². The van der Waals surface area contributed by atoms with Gasteiger partial charge in [-0.05, 0) is 42.0 Å². The summed E-state index contributed by atoms with van der Waals surface area (Å²) in [6.07, 6.45) is 0. The van der Waals surface area contributed by atoms with Crippen molar-refractivity contribution in [3.8, 4) is 0 Å². The van der Waals surface area contributed by atoms with Gasteiger partial charge >= 0.3 is 12.0 Å². The summed E-state index contributed by atoms with van der Waals surface area (Å²) >= 11 is 1.65. The number of rotatable bonds is 5. The number of hydrogen-bond acceptors (Lipinski definition) is 3. The third-order valence-electron chi connectivity index (χ3n) is 3.29. The maximum absolute atomic E-state index is 12.2. The number of benzene rings is 1. The van der Waals surface area contributed by atoms with E-state index in [4.69, 9.17) is 5.11 Å². The van der Waals surface area contributed by atoms with Crippen molar-refractivity contribution in [2.45, 2.75) is 13.8 Å². The largest absolute Gasteiger partial charge is 0.481 e. The first kappa shape index (κ1) is 15.3. The van der Waals surface area contributed by atoms with Gasteiger partial charge in [0.2, 0.25) is 0 Å². The fraction of sp³-hybridized carbons (Fsp3) is 0.333. The molecule has 1 aromatic carbocycles. The van der Waals surface area contributed by atoms with Crippen molar-refractivity contribution in [3.05, 3.63) is 29.6 Å². The number of urea groups is 1. The molecule has 0 saturated heterocycles. The lowest BCUT2D eigenvalue weighted by molar-refractivity contribution is -0.141. The van der Waals surface area contributed by atoms with E-state index < -0.39 is 11.9 Å². The molecule has 1 atom stereocenters. The highest BCUT2D eigenvalue weighted by Crippen LogP contribution is 2.24. The van der Waals surface area contributed by atoms with Gasteiger partial charge in [0.1, 0.15) is 0 Å². The van der Waals surface area contributed by atoms with Crippen molar-refractivity contribution in [2.75, 3.05) is 18.4 Å². The minimum atomic E-state index is -0.902. The van der Waals surface area contributed by atoms with E-state index in [1.807, 2.05) is 36.6 Å². The molecule has 0 aliphatic heterocycles. The molecule has 1 unspecified atom stereocenters. The van der Waals surface area contributed by atoms with Gasteiger partial charge in [0, 0.05) is 23.5 Å². The summed E-state index contributed by atoms with van der Waals surface area (Å²) < 4.78 is 1.17. The van der Waals surface area contributed by atoms with E-state index in [1.165, 1.54) is 9.60 Å². The second kappa shape index (κ2) is 6.58. The zero-order valence-corrected chi connectivity index (χ0v) is 12.8. The Kier molecular flexibility index (Phi) is 4.80. The number of nitrogens with one attached hydrogen (secondary N) is 1. The molecule has 0 aliphatic carbocycles. The van der Waals surface area contributed by atoms with Crippen LogP contribution in [0.25, 0.3) is 10.1 Å². The molecule has 0 radical (unpaired) electrons. The average Bonchev–Trinajstić information content (AvgIpc) is 2.91. The average molecular weight is 306 g/mol. The number of carbonyl (C=O) groups excluding carboxylic acids is 1. The van der Waals surface area contributed by atoms with Crippen LogP contribution >= 0.6 is 11.3 Å². The van der Waals surface area contributed by atoms with Gasteiger partial charge in [-0.1, -0.05) is 6.92 Å². The van der Waals surface area contributed by atoms with Crippen LogP contribution in [0.1, 0.15) is 13.8 Å². The van der Waals surface area contributed by atoms with Crippen molar-refractivity contribution in [3.63, 3.8) is 0 Å². The first-order chi connectivity index (χ1) is 10.0. The maximum atomic E-state index is 12.2. The molecule has 0 aliphatic rings. The highest BCUT2D eigenvalue weighted by Gasteiger charge is 2.19. The fourth-order valence-corrected chi connectivity index (χ4v) is 2.78. The van der Waals surface area contributed by atoms with Crippen LogP contribution in [0, 0.1) is 5.92 Å². The Labute approximate surface area is 127 Å². The SMILES string of the molecule is CCN(CC(C)C(=O)O)C(=O)Nc1ccc2sccc2c1. The van der Waals surface area contributed by atoms with E-state index >= 15 is 0 Å². The molecule has 112 valence electrons. The van der Waals surface area contributed by atoms with Crippen LogP contribution in [-0.4, -0.2) is 35.1 Å². The molecule has 1 aromatic heterocycles. The van der Waals surface area contributed by atoms with Crippen LogP contribution in [0.2, 0.25) is 0 Å². The van der Waals surface area contributed by atoms with Crippen molar-refractivity contribution in [1.82, 2.24) is 4.90 Å². The standard InChI is InChI=1S/C15H18N2O3S/c1-3-17(9-10(2)14(18)19)15(20)16-12-4-5-13-11(8-12)6-7-21-13/h4-8,10H,3,9H2,1-2H3,(H,16,20)(H,18,19). The molecule has 0 spiro atoms.